The minimum Gasteiger partial charge on any atom is -0.294 e. The van der Waals surface area contributed by atoms with Crippen LogP contribution in [0.2, 0.25) is 0 Å². The summed E-state index contributed by atoms with van der Waals surface area (Å²) in [5.74, 6) is -1.27. The smallest absolute Gasteiger partial charge is 0.162 e. The Hall–Kier alpha value is -2.03. The third-order valence-corrected chi connectivity index (χ3v) is 2.50. The number of hydrogen-bond donors (Lipinski definition) is 0. The molecule has 17 heavy (non-hydrogen) atoms. The van der Waals surface area contributed by atoms with Gasteiger partial charge in [-0.2, -0.15) is 0 Å². The molecule has 86 valence electrons. The predicted molar refractivity (Wildman–Crippen MR) is 61.8 cm³/mol. The molecule has 0 amide bonds. The summed E-state index contributed by atoms with van der Waals surface area (Å²) in [4.78, 5) is 11.2. The van der Waals surface area contributed by atoms with Gasteiger partial charge in [-0.25, -0.2) is 8.78 Å². The Morgan fingerprint density at radius 1 is 1.00 bits per heavy atom. The van der Waals surface area contributed by atoms with Crippen LogP contribution in [0.3, 0.4) is 0 Å². The van der Waals surface area contributed by atoms with E-state index in [9.17, 15) is 13.6 Å². The molecule has 0 atom stereocenters. The molecule has 1 nitrogen and oxygen atoms in total. The van der Waals surface area contributed by atoms with Gasteiger partial charge in [-0.05, 0) is 42.3 Å². The van der Waals surface area contributed by atoms with Crippen molar-refractivity contribution in [1.82, 2.24) is 0 Å². The molecular weight excluding hydrogens is 222 g/mol. The molecule has 0 aromatic heterocycles. The zero-order chi connectivity index (χ0) is 12.4. The first-order valence-electron chi connectivity index (χ1n) is 5.14. The maximum absolute atomic E-state index is 13.3. The lowest BCUT2D eigenvalue weighted by molar-refractivity contribution is 0.101. The largest absolute Gasteiger partial charge is 0.294 e. The highest BCUT2D eigenvalue weighted by Gasteiger charge is 2.09. The van der Waals surface area contributed by atoms with E-state index >= 15 is 0 Å². The van der Waals surface area contributed by atoms with Crippen LogP contribution in [-0.2, 0) is 0 Å². The van der Waals surface area contributed by atoms with Crippen LogP contribution in [0.4, 0.5) is 8.78 Å². The number of carbonyl (C=O) groups excluding carboxylic acids is 1. The van der Waals surface area contributed by atoms with E-state index in [0.29, 0.717) is 11.1 Å². The summed E-state index contributed by atoms with van der Waals surface area (Å²) < 4.78 is 26.4. The van der Waals surface area contributed by atoms with Gasteiger partial charge >= 0.3 is 0 Å². The second-order valence-corrected chi connectivity index (χ2v) is 3.76. The molecule has 0 bridgehead atoms. The molecule has 2 rings (SSSR count). The van der Waals surface area contributed by atoms with E-state index in [1.54, 1.807) is 12.1 Å². The van der Waals surface area contributed by atoms with Crippen LogP contribution in [-0.4, -0.2) is 5.78 Å². The van der Waals surface area contributed by atoms with Crippen molar-refractivity contribution in [2.45, 2.75) is 6.92 Å². The first kappa shape index (κ1) is 11.5. The van der Waals surface area contributed by atoms with E-state index in [4.69, 9.17) is 0 Å². The highest BCUT2D eigenvalue weighted by Crippen LogP contribution is 2.23. The van der Waals surface area contributed by atoms with Crippen molar-refractivity contribution >= 4 is 5.78 Å². The Morgan fingerprint density at radius 3 is 2.35 bits per heavy atom. The lowest BCUT2D eigenvalue weighted by Crippen LogP contribution is -1.97. The van der Waals surface area contributed by atoms with E-state index in [1.807, 2.05) is 0 Å². The van der Waals surface area contributed by atoms with E-state index in [1.165, 1.54) is 37.3 Å². The van der Waals surface area contributed by atoms with E-state index in [0.717, 1.165) is 0 Å². The number of Topliss-reactive ketones (excluding diaryl/α,β-unsaturated/α-hetero) is 1. The maximum Gasteiger partial charge on any atom is 0.162 e. The maximum atomic E-state index is 13.3. The minimum absolute atomic E-state index is 0.0201. The van der Waals surface area contributed by atoms with Crippen molar-refractivity contribution in [2.24, 2.45) is 0 Å². The van der Waals surface area contributed by atoms with Gasteiger partial charge in [0, 0.05) is 0 Å². The van der Waals surface area contributed by atoms with Crippen molar-refractivity contribution in [2.75, 3.05) is 0 Å². The van der Waals surface area contributed by atoms with Crippen LogP contribution in [0.15, 0.2) is 42.5 Å². The fraction of sp³-hybridized carbons (Fsp3) is 0.0714. The summed E-state index contributed by atoms with van der Waals surface area (Å²) in [6.45, 7) is 1.30. The van der Waals surface area contributed by atoms with Crippen LogP contribution >= 0.6 is 0 Å². The molecule has 0 saturated heterocycles. The zero-order valence-corrected chi connectivity index (χ0v) is 9.21. The number of ketones is 1. The standard InChI is InChI=1S/C14H10F2O/c1-9(17)13-8-11(5-6-14(13)16)10-3-2-4-12(15)7-10/h2-8H,1H3. The van der Waals surface area contributed by atoms with Gasteiger partial charge in [-0.3, -0.25) is 4.79 Å². The molecule has 0 aliphatic carbocycles. The molecular formula is C14H10F2O. The fourth-order valence-electron chi connectivity index (χ4n) is 1.64. The molecule has 0 saturated carbocycles. The molecule has 0 N–H and O–H groups in total. The minimum atomic E-state index is -0.558. The molecule has 0 fully saturated rings. The summed E-state index contributed by atoms with van der Waals surface area (Å²) in [6, 6.07) is 10.1. The van der Waals surface area contributed by atoms with Crippen LogP contribution in [0, 0.1) is 11.6 Å². The van der Waals surface area contributed by atoms with E-state index in [2.05, 4.69) is 0 Å². The van der Waals surface area contributed by atoms with Gasteiger partial charge in [0.15, 0.2) is 5.78 Å². The quantitative estimate of drug-likeness (QED) is 0.719. The fourth-order valence-corrected chi connectivity index (χ4v) is 1.64. The number of benzene rings is 2. The van der Waals surface area contributed by atoms with Crippen molar-refractivity contribution in [3.8, 4) is 11.1 Å². The molecule has 2 aromatic rings. The molecule has 3 heteroatoms. The monoisotopic (exact) mass is 232 g/mol. The number of rotatable bonds is 2. The van der Waals surface area contributed by atoms with Gasteiger partial charge in [0.2, 0.25) is 0 Å². The van der Waals surface area contributed by atoms with Crippen molar-refractivity contribution in [3.05, 3.63) is 59.7 Å². The van der Waals surface area contributed by atoms with Gasteiger partial charge < -0.3 is 0 Å². The number of halogens is 2. The zero-order valence-electron chi connectivity index (χ0n) is 9.21. The molecule has 0 aliphatic rings. The van der Waals surface area contributed by atoms with Crippen LogP contribution < -0.4 is 0 Å². The normalized spacial score (nSPS) is 10.3. The Morgan fingerprint density at radius 2 is 1.71 bits per heavy atom. The van der Waals surface area contributed by atoms with Gasteiger partial charge in [0.1, 0.15) is 11.6 Å². The SMILES string of the molecule is CC(=O)c1cc(-c2cccc(F)c2)ccc1F. The Labute approximate surface area is 97.7 Å². The van der Waals surface area contributed by atoms with Crippen LogP contribution in [0.25, 0.3) is 11.1 Å². The predicted octanol–water partition coefficient (Wildman–Crippen LogP) is 3.83. The first-order valence-corrected chi connectivity index (χ1v) is 5.14. The number of hydrogen-bond acceptors (Lipinski definition) is 1. The Bertz CT molecular complexity index is 576. The van der Waals surface area contributed by atoms with Gasteiger partial charge in [-0.1, -0.05) is 18.2 Å². The molecule has 0 aliphatic heterocycles. The van der Waals surface area contributed by atoms with Crippen LogP contribution in [0.5, 0.6) is 0 Å². The Kier molecular flexibility index (Phi) is 3.00. The lowest BCUT2D eigenvalue weighted by atomic mass is 10.0. The summed E-state index contributed by atoms with van der Waals surface area (Å²) in [6.07, 6.45) is 0. The molecule has 0 unspecified atom stereocenters. The average molecular weight is 232 g/mol. The summed E-state index contributed by atoms with van der Waals surface area (Å²) >= 11 is 0. The molecule has 0 spiro atoms. The third-order valence-electron chi connectivity index (χ3n) is 2.50. The topological polar surface area (TPSA) is 17.1 Å². The molecule has 0 radical (unpaired) electrons. The number of carbonyl (C=O) groups is 1. The molecule has 0 heterocycles. The Balaban J connectivity index is 2.54. The summed E-state index contributed by atoms with van der Waals surface area (Å²) in [5.41, 5.74) is 1.26. The van der Waals surface area contributed by atoms with E-state index in [-0.39, 0.29) is 17.2 Å². The average Bonchev–Trinajstić information content (AvgIpc) is 2.29. The van der Waals surface area contributed by atoms with Crippen molar-refractivity contribution in [3.63, 3.8) is 0 Å². The van der Waals surface area contributed by atoms with Crippen LogP contribution in [0.1, 0.15) is 17.3 Å². The van der Waals surface area contributed by atoms with Gasteiger partial charge in [0.25, 0.3) is 0 Å². The van der Waals surface area contributed by atoms with Gasteiger partial charge in [-0.15, -0.1) is 0 Å². The summed E-state index contributed by atoms with van der Waals surface area (Å²) in [5, 5.41) is 0. The second-order valence-electron chi connectivity index (χ2n) is 3.76. The lowest BCUT2D eigenvalue weighted by Gasteiger charge is -2.05. The summed E-state index contributed by atoms with van der Waals surface area (Å²) in [7, 11) is 0. The molecule has 2 aromatic carbocycles. The third kappa shape index (κ3) is 2.38. The first-order chi connectivity index (χ1) is 8.08. The highest BCUT2D eigenvalue weighted by atomic mass is 19.1. The van der Waals surface area contributed by atoms with E-state index < -0.39 is 5.82 Å². The van der Waals surface area contributed by atoms with Crippen molar-refractivity contribution < 1.29 is 13.6 Å². The second kappa shape index (κ2) is 4.45. The van der Waals surface area contributed by atoms with Crippen molar-refractivity contribution in [1.29, 1.82) is 0 Å². The van der Waals surface area contributed by atoms with Gasteiger partial charge in [0.05, 0.1) is 5.56 Å². The highest BCUT2D eigenvalue weighted by molar-refractivity contribution is 5.95.